The predicted molar refractivity (Wildman–Crippen MR) is 74.0 cm³/mol. The normalized spacial score (nSPS) is 12.2. The second-order valence-electron chi connectivity index (χ2n) is 4.46. The van der Waals surface area contributed by atoms with Crippen LogP contribution >= 0.6 is 0 Å². The van der Waals surface area contributed by atoms with Gasteiger partial charge in [-0.3, -0.25) is 0 Å². The Bertz CT molecular complexity index is 672. The number of rotatable bonds is 4. The van der Waals surface area contributed by atoms with Crippen molar-refractivity contribution < 1.29 is 8.42 Å². The molecule has 0 aliphatic carbocycles. The maximum absolute atomic E-state index is 11.8. The first-order valence-corrected chi connectivity index (χ1v) is 7.77. The van der Waals surface area contributed by atoms with Crippen LogP contribution in [0.4, 0.5) is 0 Å². The molecule has 2 N–H and O–H groups in total. The largest absolute Gasteiger partial charge is 0.350 e. The monoisotopic (exact) mass is 266 g/mol. The molecule has 0 radical (unpaired) electrons. The summed E-state index contributed by atoms with van der Waals surface area (Å²) in [6.07, 6.45) is 1.89. The minimum absolute atomic E-state index is 0.0812. The highest BCUT2D eigenvalue weighted by molar-refractivity contribution is 7.90. The lowest BCUT2D eigenvalue weighted by molar-refractivity contribution is 0.596. The van der Waals surface area contributed by atoms with Crippen LogP contribution in [0, 0.1) is 0 Å². The van der Waals surface area contributed by atoms with Crippen molar-refractivity contribution in [1.82, 2.24) is 4.57 Å². The van der Waals surface area contributed by atoms with E-state index < -0.39 is 9.84 Å². The van der Waals surface area contributed by atoms with Gasteiger partial charge >= 0.3 is 0 Å². The Kier molecular flexibility index (Phi) is 3.45. The molecule has 2 aromatic rings. The molecule has 0 aliphatic heterocycles. The Labute approximate surface area is 107 Å². The fraction of sp³-hybridized carbons (Fsp3) is 0.385. The molecule has 2 rings (SSSR count). The highest BCUT2D eigenvalue weighted by Crippen LogP contribution is 2.26. The van der Waals surface area contributed by atoms with E-state index in [-0.39, 0.29) is 11.5 Å². The molecule has 1 heterocycles. The number of sulfone groups is 1. The number of aromatic nitrogens is 1. The van der Waals surface area contributed by atoms with E-state index >= 15 is 0 Å². The highest BCUT2D eigenvalue weighted by Gasteiger charge is 2.16. The Morgan fingerprint density at radius 3 is 2.61 bits per heavy atom. The SMILES string of the molecule is CCS(=O)(=O)Cc1cn(C)c2cccc(CN)c12. The van der Waals surface area contributed by atoms with Crippen molar-refractivity contribution >= 4 is 20.7 Å². The van der Waals surface area contributed by atoms with Gasteiger partial charge in [0.15, 0.2) is 9.84 Å². The molecule has 0 amide bonds. The van der Waals surface area contributed by atoms with E-state index in [9.17, 15) is 8.42 Å². The second-order valence-corrected chi connectivity index (χ2v) is 6.81. The van der Waals surface area contributed by atoms with Crippen LogP contribution in [0.5, 0.6) is 0 Å². The molecule has 1 aromatic carbocycles. The van der Waals surface area contributed by atoms with Gasteiger partial charge in [0.1, 0.15) is 0 Å². The minimum Gasteiger partial charge on any atom is -0.350 e. The molecule has 0 bridgehead atoms. The summed E-state index contributed by atoms with van der Waals surface area (Å²) in [5.74, 6) is 0.242. The van der Waals surface area contributed by atoms with E-state index in [0.717, 1.165) is 22.0 Å². The first-order valence-electron chi connectivity index (χ1n) is 5.94. The number of benzene rings is 1. The maximum atomic E-state index is 11.8. The van der Waals surface area contributed by atoms with E-state index in [0.29, 0.717) is 6.54 Å². The van der Waals surface area contributed by atoms with E-state index in [2.05, 4.69) is 0 Å². The molecule has 98 valence electrons. The summed E-state index contributed by atoms with van der Waals surface area (Å²) < 4.78 is 25.5. The van der Waals surface area contributed by atoms with Gasteiger partial charge in [-0.05, 0) is 17.2 Å². The lowest BCUT2D eigenvalue weighted by Gasteiger charge is -2.04. The Hall–Kier alpha value is -1.33. The second kappa shape index (κ2) is 4.74. The van der Waals surface area contributed by atoms with Crippen molar-refractivity contribution in [2.75, 3.05) is 5.75 Å². The minimum atomic E-state index is -3.03. The molecule has 0 saturated heterocycles. The summed E-state index contributed by atoms with van der Waals surface area (Å²) in [7, 11) is -1.11. The smallest absolute Gasteiger partial charge is 0.154 e. The summed E-state index contributed by atoms with van der Waals surface area (Å²) in [6, 6.07) is 5.88. The van der Waals surface area contributed by atoms with Gasteiger partial charge in [0.05, 0.1) is 5.75 Å². The van der Waals surface area contributed by atoms with Crippen LogP contribution in [0.2, 0.25) is 0 Å². The third-order valence-corrected chi connectivity index (χ3v) is 4.84. The molecule has 18 heavy (non-hydrogen) atoms. The van der Waals surface area contributed by atoms with Crippen molar-refractivity contribution in [2.24, 2.45) is 12.8 Å². The number of hydrogen-bond acceptors (Lipinski definition) is 3. The molecule has 1 aromatic heterocycles. The van der Waals surface area contributed by atoms with Crippen LogP contribution in [-0.2, 0) is 29.2 Å². The molecular formula is C13H18N2O2S. The number of nitrogens with two attached hydrogens (primary N) is 1. The summed E-state index contributed by atoms with van der Waals surface area (Å²) >= 11 is 0. The van der Waals surface area contributed by atoms with Crippen LogP contribution in [0.25, 0.3) is 10.9 Å². The van der Waals surface area contributed by atoms with Gasteiger partial charge in [0.2, 0.25) is 0 Å². The number of nitrogens with zero attached hydrogens (tertiary/aromatic N) is 1. The molecule has 0 spiro atoms. The van der Waals surface area contributed by atoms with E-state index in [1.54, 1.807) is 6.92 Å². The van der Waals surface area contributed by atoms with Gasteiger partial charge < -0.3 is 10.3 Å². The number of fused-ring (bicyclic) bond motifs is 1. The first kappa shape index (κ1) is 13.1. The van der Waals surface area contributed by atoms with Gasteiger partial charge in [-0.25, -0.2) is 8.42 Å². The molecular weight excluding hydrogens is 248 g/mol. The quantitative estimate of drug-likeness (QED) is 0.913. The van der Waals surface area contributed by atoms with Crippen LogP contribution in [0.15, 0.2) is 24.4 Å². The third kappa shape index (κ3) is 2.28. The predicted octanol–water partition coefficient (Wildman–Crippen LogP) is 1.57. The fourth-order valence-corrected chi connectivity index (χ4v) is 3.13. The third-order valence-electron chi connectivity index (χ3n) is 3.21. The van der Waals surface area contributed by atoms with Crippen molar-refractivity contribution in [2.45, 2.75) is 19.2 Å². The first-order chi connectivity index (χ1) is 8.48. The van der Waals surface area contributed by atoms with Gasteiger partial charge in [0.25, 0.3) is 0 Å². The van der Waals surface area contributed by atoms with Crippen molar-refractivity contribution in [1.29, 1.82) is 0 Å². The number of hydrogen-bond donors (Lipinski definition) is 1. The maximum Gasteiger partial charge on any atom is 0.154 e. The van der Waals surface area contributed by atoms with Crippen molar-refractivity contribution in [3.05, 3.63) is 35.5 Å². The summed E-state index contributed by atoms with van der Waals surface area (Å²) in [5, 5.41) is 0.986. The molecule has 4 nitrogen and oxygen atoms in total. The fourth-order valence-electron chi connectivity index (χ4n) is 2.24. The molecule has 5 heteroatoms. The Morgan fingerprint density at radius 1 is 1.28 bits per heavy atom. The van der Waals surface area contributed by atoms with Crippen LogP contribution < -0.4 is 5.73 Å². The average molecular weight is 266 g/mol. The number of aryl methyl sites for hydroxylation is 1. The topological polar surface area (TPSA) is 65.1 Å². The Morgan fingerprint density at radius 2 is 2.00 bits per heavy atom. The van der Waals surface area contributed by atoms with E-state index in [1.807, 2.05) is 36.0 Å². The van der Waals surface area contributed by atoms with E-state index in [4.69, 9.17) is 5.73 Å². The van der Waals surface area contributed by atoms with Crippen LogP contribution in [0.3, 0.4) is 0 Å². The van der Waals surface area contributed by atoms with Crippen molar-refractivity contribution in [3.63, 3.8) is 0 Å². The molecule has 0 aliphatic rings. The summed E-state index contributed by atoms with van der Waals surface area (Å²) in [6.45, 7) is 2.09. The Balaban J connectivity index is 2.65. The zero-order valence-electron chi connectivity index (χ0n) is 10.7. The highest BCUT2D eigenvalue weighted by atomic mass is 32.2. The average Bonchev–Trinajstić information content (AvgIpc) is 2.66. The van der Waals surface area contributed by atoms with Gasteiger partial charge in [-0.2, -0.15) is 0 Å². The van der Waals surface area contributed by atoms with Gasteiger partial charge in [0, 0.05) is 36.4 Å². The van der Waals surface area contributed by atoms with Gasteiger partial charge in [-0.1, -0.05) is 19.1 Å². The van der Waals surface area contributed by atoms with Gasteiger partial charge in [-0.15, -0.1) is 0 Å². The summed E-state index contributed by atoms with van der Waals surface area (Å²) in [4.78, 5) is 0. The van der Waals surface area contributed by atoms with E-state index in [1.165, 1.54) is 0 Å². The molecule has 0 unspecified atom stereocenters. The van der Waals surface area contributed by atoms with Crippen molar-refractivity contribution in [3.8, 4) is 0 Å². The lowest BCUT2D eigenvalue weighted by Crippen LogP contribution is -2.07. The summed E-state index contributed by atoms with van der Waals surface area (Å²) in [5.41, 5.74) is 8.60. The zero-order chi connectivity index (χ0) is 13.3. The standard InChI is InChI=1S/C13H18N2O2S/c1-3-18(16,17)9-11-8-15(2)12-6-4-5-10(7-14)13(11)12/h4-6,8H,3,7,9,14H2,1-2H3. The van der Waals surface area contributed by atoms with Crippen LogP contribution in [-0.4, -0.2) is 18.7 Å². The van der Waals surface area contributed by atoms with Crippen LogP contribution in [0.1, 0.15) is 18.1 Å². The molecule has 0 atom stereocenters. The zero-order valence-corrected chi connectivity index (χ0v) is 11.5. The lowest BCUT2D eigenvalue weighted by atomic mass is 10.1. The molecule has 0 saturated carbocycles. The molecule has 0 fully saturated rings.